The first kappa shape index (κ1) is 16.2. The Labute approximate surface area is 142 Å². The van der Waals surface area contributed by atoms with E-state index in [9.17, 15) is 9.59 Å². The number of hydrogen-bond donors (Lipinski definition) is 4. The number of amides is 1. The van der Waals surface area contributed by atoms with Crippen molar-refractivity contribution >= 4 is 28.7 Å². The Morgan fingerprint density at radius 2 is 1.84 bits per heavy atom. The zero-order valence-corrected chi connectivity index (χ0v) is 13.4. The average molecular weight is 336 g/mol. The second-order valence-corrected chi connectivity index (χ2v) is 5.36. The molecule has 3 aromatic rings. The van der Waals surface area contributed by atoms with Crippen LogP contribution in [-0.4, -0.2) is 16.1 Å². The number of aromatic nitrogens is 2. The fourth-order valence-corrected chi connectivity index (χ4v) is 2.27. The minimum Gasteiger partial charge on any atom is -0.399 e. The molecule has 0 saturated carbocycles. The van der Waals surface area contributed by atoms with Crippen LogP contribution in [0.2, 0.25) is 0 Å². The molecule has 8 heteroatoms. The third kappa shape index (κ3) is 3.81. The lowest BCUT2D eigenvalue weighted by atomic mass is 10.1. The van der Waals surface area contributed by atoms with Crippen LogP contribution in [-0.2, 0) is 4.79 Å². The molecule has 8 nitrogen and oxygen atoms in total. The Balaban J connectivity index is 1.88. The van der Waals surface area contributed by atoms with Crippen molar-refractivity contribution in [2.75, 3.05) is 11.1 Å². The molecule has 0 aliphatic carbocycles. The third-order valence-corrected chi connectivity index (χ3v) is 3.38. The van der Waals surface area contributed by atoms with Gasteiger partial charge in [-0.05, 0) is 36.4 Å². The number of anilines is 2. The summed E-state index contributed by atoms with van der Waals surface area (Å²) >= 11 is 0. The maximum absolute atomic E-state index is 12.0. The van der Waals surface area contributed by atoms with Gasteiger partial charge in [-0.2, -0.15) is 5.11 Å². The molecule has 0 fully saturated rings. The van der Waals surface area contributed by atoms with Gasteiger partial charge in [0.25, 0.3) is 5.56 Å². The van der Waals surface area contributed by atoms with E-state index in [2.05, 4.69) is 25.7 Å². The van der Waals surface area contributed by atoms with Crippen LogP contribution in [0.25, 0.3) is 11.3 Å². The van der Waals surface area contributed by atoms with Gasteiger partial charge in [0.15, 0.2) is 5.69 Å². The first-order valence-corrected chi connectivity index (χ1v) is 7.49. The number of nitrogens with two attached hydrogens (primary N) is 1. The Bertz CT molecular complexity index is 985. The molecule has 1 amide bonds. The molecule has 3 rings (SSSR count). The Morgan fingerprint density at radius 1 is 1.08 bits per heavy atom. The van der Waals surface area contributed by atoms with Crippen LogP contribution in [0.3, 0.4) is 0 Å². The lowest BCUT2D eigenvalue weighted by Gasteiger charge is -2.01. The molecule has 0 aliphatic heterocycles. The van der Waals surface area contributed by atoms with Crippen molar-refractivity contribution in [2.45, 2.75) is 6.92 Å². The number of nitrogen functional groups attached to an aromatic ring is 1. The van der Waals surface area contributed by atoms with Gasteiger partial charge in [0, 0.05) is 23.9 Å². The highest BCUT2D eigenvalue weighted by Gasteiger charge is 2.11. The number of azo groups is 1. The van der Waals surface area contributed by atoms with Gasteiger partial charge in [-0.15, -0.1) is 5.11 Å². The van der Waals surface area contributed by atoms with Crippen molar-refractivity contribution in [3.8, 4) is 11.3 Å². The van der Waals surface area contributed by atoms with Crippen LogP contribution >= 0.6 is 0 Å². The highest BCUT2D eigenvalue weighted by Crippen LogP contribution is 2.27. The molecule has 0 saturated heterocycles. The first-order valence-electron chi connectivity index (χ1n) is 7.49. The number of nitrogens with zero attached hydrogens (tertiary/aromatic N) is 2. The number of rotatable bonds is 4. The van der Waals surface area contributed by atoms with Gasteiger partial charge in [0.05, 0.1) is 11.4 Å². The van der Waals surface area contributed by atoms with E-state index >= 15 is 0 Å². The maximum Gasteiger partial charge on any atom is 0.292 e. The summed E-state index contributed by atoms with van der Waals surface area (Å²) in [6, 6.07) is 13.9. The van der Waals surface area contributed by atoms with Gasteiger partial charge in [0.1, 0.15) is 0 Å². The smallest absolute Gasteiger partial charge is 0.292 e. The van der Waals surface area contributed by atoms with E-state index in [1.54, 1.807) is 42.5 Å². The second kappa shape index (κ2) is 6.83. The van der Waals surface area contributed by atoms with Crippen LogP contribution in [0.1, 0.15) is 6.92 Å². The van der Waals surface area contributed by atoms with Crippen molar-refractivity contribution < 1.29 is 4.79 Å². The van der Waals surface area contributed by atoms with Crippen LogP contribution in [0.5, 0.6) is 0 Å². The summed E-state index contributed by atoms with van der Waals surface area (Å²) in [5.74, 6) is -0.153. The first-order chi connectivity index (χ1) is 12.0. The number of aromatic amines is 2. The summed E-state index contributed by atoms with van der Waals surface area (Å²) in [5.41, 5.74) is 8.59. The molecule has 0 radical (unpaired) electrons. The topological polar surface area (TPSA) is 128 Å². The number of carbonyl (C=O) groups is 1. The summed E-state index contributed by atoms with van der Waals surface area (Å²) in [6.07, 6.45) is 0. The number of hydrogen-bond acceptors (Lipinski definition) is 5. The number of carbonyl (C=O) groups excluding carboxylic acids is 1. The SMILES string of the molecule is CC(=O)Nc1ccc(N=Nc2c(-c3cccc(N)c3)[nH][nH]c2=O)cc1. The normalized spacial score (nSPS) is 10.9. The molecular formula is C17H16N6O2. The summed E-state index contributed by atoms with van der Waals surface area (Å²) in [4.78, 5) is 23.0. The van der Waals surface area contributed by atoms with E-state index in [-0.39, 0.29) is 17.2 Å². The molecule has 0 spiro atoms. The molecule has 0 bridgehead atoms. The summed E-state index contributed by atoms with van der Waals surface area (Å²) in [6.45, 7) is 1.43. The van der Waals surface area contributed by atoms with Crippen molar-refractivity contribution in [3.63, 3.8) is 0 Å². The summed E-state index contributed by atoms with van der Waals surface area (Å²) in [7, 11) is 0. The molecule has 1 aromatic heterocycles. The molecule has 0 aliphatic rings. The minimum absolute atomic E-state index is 0.153. The van der Waals surface area contributed by atoms with Gasteiger partial charge < -0.3 is 11.1 Å². The van der Waals surface area contributed by atoms with Gasteiger partial charge in [-0.3, -0.25) is 19.8 Å². The van der Waals surface area contributed by atoms with E-state index in [1.807, 2.05) is 6.07 Å². The van der Waals surface area contributed by atoms with Gasteiger partial charge in [-0.1, -0.05) is 12.1 Å². The zero-order valence-electron chi connectivity index (χ0n) is 13.4. The summed E-state index contributed by atoms with van der Waals surface area (Å²) < 4.78 is 0. The predicted molar refractivity (Wildman–Crippen MR) is 96.2 cm³/mol. The molecule has 5 N–H and O–H groups in total. The van der Waals surface area contributed by atoms with E-state index in [0.717, 1.165) is 5.56 Å². The number of nitrogens with one attached hydrogen (secondary N) is 3. The molecule has 1 heterocycles. The largest absolute Gasteiger partial charge is 0.399 e. The van der Waals surface area contributed by atoms with Crippen LogP contribution in [0.4, 0.5) is 22.7 Å². The van der Waals surface area contributed by atoms with E-state index < -0.39 is 0 Å². The Kier molecular flexibility index (Phi) is 4.42. The number of H-pyrrole nitrogens is 2. The predicted octanol–water partition coefficient (Wildman–Crippen LogP) is 3.33. The quantitative estimate of drug-likeness (QED) is 0.431. The lowest BCUT2D eigenvalue weighted by Crippen LogP contribution is -2.04. The molecule has 0 atom stereocenters. The maximum atomic E-state index is 12.0. The van der Waals surface area contributed by atoms with Gasteiger partial charge >= 0.3 is 0 Å². The van der Waals surface area contributed by atoms with Crippen molar-refractivity contribution in [3.05, 3.63) is 58.9 Å². The average Bonchev–Trinajstić information content (AvgIpc) is 2.94. The number of benzene rings is 2. The van der Waals surface area contributed by atoms with Gasteiger partial charge in [-0.25, -0.2) is 0 Å². The fourth-order valence-electron chi connectivity index (χ4n) is 2.27. The molecule has 126 valence electrons. The second-order valence-electron chi connectivity index (χ2n) is 5.36. The van der Waals surface area contributed by atoms with Crippen LogP contribution < -0.4 is 16.6 Å². The van der Waals surface area contributed by atoms with Crippen molar-refractivity contribution in [1.82, 2.24) is 10.2 Å². The Morgan fingerprint density at radius 3 is 2.52 bits per heavy atom. The summed E-state index contributed by atoms with van der Waals surface area (Å²) in [5, 5.41) is 16.1. The zero-order chi connectivity index (χ0) is 17.8. The Hall–Kier alpha value is -3.68. The minimum atomic E-state index is -0.379. The van der Waals surface area contributed by atoms with Crippen molar-refractivity contribution in [2.24, 2.45) is 10.2 Å². The molecule has 0 unspecified atom stereocenters. The fraction of sp³-hybridized carbons (Fsp3) is 0.0588. The van der Waals surface area contributed by atoms with E-state index in [4.69, 9.17) is 5.73 Å². The molecular weight excluding hydrogens is 320 g/mol. The monoisotopic (exact) mass is 336 g/mol. The van der Waals surface area contributed by atoms with E-state index in [1.165, 1.54) is 6.92 Å². The standard InChI is InChI=1S/C17H16N6O2/c1-10(24)19-13-5-7-14(8-6-13)20-22-16-15(21-23-17(16)25)11-3-2-4-12(18)9-11/h2-9H,18H2,1H3,(H,19,24)(H2,21,23,25). The molecule has 2 aromatic carbocycles. The van der Waals surface area contributed by atoms with E-state index in [0.29, 0.717) is 22.8 Å². The van der Waals surface area contributed by atoms with Crippen LogP contribution in [0.15, 0.2) is 63.6 Å². The van der Waals surface area contributed by atoms with Crippen LogP contribution in [0, 0.1) is 0 Å². The third-order valence-electron chi connectivity index (χ3n) is 3.38. The van der Waals surface area contributed by atoms with Crippen molar-refractivity contribution in [1.29, 1.82) is 0 Å². The lowest BCUT2D eigenvalue weighted by molar-refractivity contribution is -0.114. The highest BCUT2D eigenvalue weighted by atomic mass is 16.1. The van der Waals surface area contributed by atoms with Gasteiger partial charge in [0.2, 0.25) is 5.91 Å². The molecule has 25 heavy (non-hydrogen) atoms. The highest BCUT2D eigenvalue weighted by molar-refractivity contribution is 5.88.